The van der Waals surface area contributed by atoms with Crippen molar-refractivity contribution in [3.8, 4) is 0 Å². The lowest BCUT2D eigenvalue weighted by Gasteiger charge is -2.32. The van der Waals surface area contributed by atoms with E-state index in [1.54, 1.807) is 5.56 Å². The van der Waals surface area contributed by atoms with Crippen LogP contribution in [0, 0.1) is 11.3 Å². The molecule has 0 aliphatic heterocycles. The molecule has 0 radical (unpaired) electrons. The predicted octanol–water partition coefficient (Wildman–Crippen LogP) is 4.98. The van der Waals surface area contributed by atoms with Gasteiger partial charge < -0.3 is 5.32 Å². The molecule has 1 aliphatic carbocycles. The van der Waals surface area contributed by atoms with E-state index in [-0.39, 0.29) is 0 Å². The van der Waals surface area contributed by atoms with Crippen LogP contribution in [0.2, 0.25) is 0 Å². The fourth-order valence-electron chi connectivity index (χ4n) is 3.22. The highest BCUT2D eigenvalue weighted by atomic mass is 14.9. The van der Waals surface area contributed by atoms with Crippen molar-refractivity contribution in [2.45, 2.75) is 65.3 Å². The minimum Gasteiger partial charge on any atom is -0.313 e. The summed E-state index contributed by atoms with van der Waals surface area (Å²) in [5.41, 5.74) is 1.91. The molecular formula is C19H31N. The molecule has 1 saturated carbocycles. The lowest BCUT2D eigenvalue weighted by molar-refractivity contribution is 0.248. The molecule has 1 fully saturated rings. The molecule has 1 N–H and O–H groups in total. The highest BCUT2D eigenvalue weighted by molar-refractivity contribution is 5.25. The Kier molecular flexibility index (Phi) is 5.26. The van der Waals surface area contributed by atoms with Crippen molar-refractivity contribution in [3.05, 3.63) is 35.9 Å². The molecule has 2 rings (SSSR count). The number of rotatable bonds is 7. The Hall–Kier alpha value is -0.820. The van der Waals surface area contributed by atoms with E-state index in [9.17, 15) is 0 Å². The van der Waals surface area contributed by atoms with Crippen molar-refractivity contribution in [1.82, 2.24) is 5.32 Å². The Morgan fingerprint density at radius 3 is 2.50 bits per heavy atom. The van der Waals surface area contributed by atoms with Gasteiger partial charge in [-0.1, -0.05) is 58.0 Å². The van der Waals surface area contributed by atoms with E-state index in [0.29, 0.717) is 11.5 Å². The fourth-order valence-corrected chi connectivity index (χ4v) is 3.22. The van der Waals surface area contributed by atoms with Crippen LogP contribution in [0.4, 0.5) is 0 Å². The molecule has 0 heterocycles. The Labute approximate surface area is 125 Å². The Morgan fingerprint density at radius 1 is 1.20 bits per heavy atom. The van der Waals surface area contributed by atoms with Crippen LogP contribution < -0.4 is 5.32 Å². The summed E-state index contributed by atoms with van der Waals surface area (Å²) in [7, 11) is 0. The lowest BCUT2D eigenvalue weighted by atomic mass is 9.83. The van der Waals surface area contributed by atoms with E-state index in [0.717, 1.165) is 18.4 Å². The van der Waals surface area contributed by atoms with Crippen LogP contribution in [-0.2, 0) is 0 Å². The number of nitrogens with one attached hydrogen (secondary N) is 1. The van der Waals surface area contributed by atoms with E-state index < -0.39 is 0 Å². The molecule has 1 aromatic rings. The summed E-state index contributed by atoms with van der Waals surface area (Å²) in [6.07, 6.45) is 5.31. The zero-order valence-corrected chi connectivity index (χ0v) is 13.7. The number of benzene rings is 1. The maximum atomic E-state index is 3.75. The largest absolute Gasteiger partial charge is 0.313 e. The molecule has 20 heavy (non-hydrogen) atoms. The summed E-state index contributed by atoms with van der Waals surface area (Å²) < 4.78 is 0. The first-order valence-corrected chi connectivity index (χ1v) is 8.30. The van der Waals surface area contributed by atoms with Crippen molar-refractivity contribution in [1.29, 1.82) is 0 Å². The first-order valence-electron chi connectivity index (χ1n) is 8.30. The Balaban J connectivity index is 1.80. The molecule has 1 nitrogen and oxygen atoms in total. The van der Waals surface area contributed by atoms with Gasteiger partial charge in [0, 0.05) is 6.04 Å². The summed E-state index contributed by atoms with van der Waals surface area (Å²) in [5, 5.41) is 3.75. The molecule has 0 saturated heterocycles. The second-order valence-electron chi connectivity index (χ2n) is 7.46. The molecular weight excluding hydrogens is 242 g/mol. The minimum absolute atomic E-state index is 0.367. The van der Waals surface area contributed by atoms with Crippen LogP contribution in [0.5, 0.6) is 0 Å². The van der Waals surface area contributed by atoms with Crippen molar-refractivity contribution >= 4 is 0 Å². The third-order valence-electron chi connectivity index (χ3n) is 4.66. The molecule has 3 unspecified atom stereocenters. The summed E-state index contributed by atoms with van der Waals surface area (Å²) >= 11 is 0. The fraction of sp³-hybridized carbons (Fsp3) is 0.684. The quantitative estimate of drug-likeness (QED) is 0.738. The van der Waals surface area contributed by atoms with Crippen molar-refractivity contribution in [2.75, 3.05) is 6.54 Å². The summed E-state index contributed by atoms with van der Waals surface area (Å²) in [6.45, 7) is 10.5. The smallest absolute Gasteiger partial charge is 0.0116 e. The highest BCUT2D eigenvalue weighted by Gasteiger charge is 2.38. The van der Waals surface area contributed by atoms with E-state index in [1.807, 2.05) is 0 Å². The van der Waals surface area contributed by atoms with Crippen LogP contribution in [-0.4, -0.2) is 12.6 Å². The summed E-state index contributed by atoms with van der Waals surface area (Å²) in [6, 6.07) is 11.7. The number of hydrogen-bond acceptors (Lipinski definition) is 1. The number of hydrogen-bond donors (Lipinski definition) is 1. The Morgan fingerprint density at radius 2 is 1.90 bits per heavy atom. The molecule has 3 atom stereocenters. The average Bonchev–Trinajstić information content (AvgIpc) is 3.18. The first-order chi connectivity index (χ1) is 9.52. The summed E-state index contributed by atoms with van der Waals surface area (Å²) in [5.74, 6) is 1.76. The van der Waals surface area contributed by atoms with Gasteiger partial charge in [0.15, 0.2) is 0 Å². The van der Waals surface area contributed by atoms with Gasteiger partial charge in [-0.05, 0) is 55.0 Å². The monoisotopic (exact) mass is 273 g/mol. The average molecular weight is 273 g/mol. The van der Waals surface area contributed by atoms with Crippen LogP contribution >= 0.6 is 0 Å². The molecule has 1 heteroatoms. The third-order valence-corrected chi connectivity index (χ3v) is 4.66. The molecule has 112 valence electrons. The van der Waals surface area contributed by atoms with Crippen molar-refractivity contribution in [2.24, 2.45) is 11.3 Å². The van der Waals surface area contributed by atoms with Gasteiger partial charge in [-0.25, -0.2) is 0 Å². The van der Waals surface area contributed by atoms with Gasteiger partial charge in [-0.15, -0.1) is 0 Å². The predicted molar refractivity (Wildman–Crippen MR) is 88.1 cm³/mol. The van der Waals surface area contributed by atoms with Gasteiger partial charge in [0.2, 0.25) is 0 Å². The first kappa shape index (κ1) is 15.6. The van der Waals surface area contributed by atoms with Crippen LogP contribution in [0.1, 0.15) is 64.9 Å². The second kappa shape index (κ2) is 6.76. The topological polar surface area (TPSA) is 12.0 Å². The summed E-state index contributed by atoms with van der Waals surface area (Å²) in [4.78, 5) is 0. The zero-order chi connectivity index (χ0) is 14.6. The maximum absolute atomic E-state index is 3.75. The van der Waals surface area contributed by atoms with Crippen LogP contribution in [0.25, 0.3) is 0 Å². The van der Waals surface area contributed by atoms with Crippen molar-refractivity contribution < 1.29 is 0 Å². The van der Waals surface area contributed by atoms with Gasteiger partial charge in [0.25, 0.3) is 0 Å². The standard InChI is InChI=1S/C19H31N/c1-5-13-20-18(19(2,3)4)12-11-16-14-17(16)15-9-7-6-8-10-15/h6-10,16-18,20H,5,11-14H2,1-4H3. The molecule has 1 aromatic carbocycles. The second-order valence-corrected chi connectivity index (χ2v) is 7.46. The van der Waals surface area contributed by atoms with Crippen molar-refractivity contribution in [3.63, 3.8) is 0 Å². The normalized spacial score (nSPS) is 23.6. The van der Waals surface area contributed by atoms with Gasteiger partial charge >= 0.3 is 0 Å². The third kappa shape index (κ3) is 4.34. The zero-order valence-electron chi connectivity index (χ0n) is 13.7. The van der Waals surface area contributed by atoms with Gasteiger partial charge in [-0.3, -0.25) is 0 Å². The van der Waals surface area contributed by atoms with Crippen LogP contribution in [0.3, 0.4) is 0 Å². The van der Waals surface area contributed by atoms with E-state index >= 15 is 0 Å². The molecule has 0 bridgehead atoms. The lowest BCUT2D eigenvalue weighted by Crippen LogP contribution is -2.40. The molecule has 0 aromatic heterocycles. The van der Waals surface area contributed by atoms with Gasteiger partial charge in [0.05, 0.1) is 0 Å². The van der Waals surface area contributed by atoms with Crippen LogP contribution in [0.15, 0.2) is 30.3 Å². The highest BCUT2D eigenvalue weighted by Crippen LogP contribution is 2.50. The van der Waals surface area contributed by atoms with E-state index in [1.165, 1.54) is 25.7 Å². The minimum atomic E-state index is 0.367. The van der Waals surface area contributed by atoms with E-state index in [2.05, 4.69) is 63.3 Å². The molecule has 0 amide bonds. The van der Waals surface area contributed by atoms with Gasteiger partial charge in [-0.2, -0.15) is 0 Å². The molecule has 0 spiro atoms. The van der Waals surface area contributed by atoms with Gasteiger partial charge in [0.1, 0.15) is 0 Å². The molecule has 1 aliphatic rings. The Bertz CT molecular complexity index is 390. The SMILES string of the molecule is CCCNC(CCC1CC1c1ccccc1)C(C)(C)C. The van der Waals surface area contributed by atoms with E-state index in [4.69, 9.17) is 0 Å². The maximum Gasteiger partial charge on any atom is 0.0116 e.